The summed E-state index contributed by atoms with van der Waals surface area (Å²) in [6, 6.07) is 5.36. The molecule has 11 heteroatoms. The second-order valence-electron chi connectivity index (χ2n) is 4.65. The van der Waals surface area contributed by atoms with Crippen molar-refractivity contribution in [3.63, 3.8) is 0 Å². The molecule has 0 heterocycles. The molecule has 0 amide bonds. The van der Waals surface area contributed by atoms with Crippen molar-refractivity contribution in [2.75, 3.05) is 5.73 Å². The van der Waals surface area contributed by atoms with Crippen molar-refractivity contribution >= 4 is 43.1 Å². The molecule has 0 saturated carbocycles. The normalized spacial score (nSPS) is 16.3. The maximum Gasteiger partial charge on any atom is 0.261 e. The number of Topliss-reactive ketones (excluding diaryl/α,β-unsaturated/α-hetero) is 1. The van der Waals surface area contributed by atoms with Crippen LogP contribution in [0.25, 0.3) is 0 Å². The highest BCUT2D eigenvalue weighted by molar-refractivity contribution is 7.94. The molecule has 1 aliphatic carbocycles. The van der Waals surface area contributed by atoms with Gasteiger partial charge in [0.25, 0.3) is 10.0 Å². The lowest BCUT2D eigenvalue weighted by molar-refractivity contribution is -0.114. The Balaban J connectivity index is 2.38. The van der Waals surface area contributed by atoms with Gasteiger partial charge >= 0.3 is 0 Å². The first kappa shape index (κ1) is 17.5. The quantitative estimate of drug-likeness (QED) is 0.635. The summed E-state index contributed by atoms with van der Waals surface area (Å²) in [5.74, 6) is -0.855. The molecule has 2 rings (SSSR count). The number of halogens is 1. The van der Waals surface area contributed by atoms with E-state index < -0.39 is 37.2 Å². The van der Waals surface area contributed by atoms with Crippen molar-refractivity contribution in [1.82, 2.24) is 4.72 Å². The molecule has 1 aromatic carbocycles. The van der Waals surface area contributed by atoms with Gasteiger partial charge in [-0.1, -0.05) is 11.6 Å². The highest BCUT2D eigenvalue weighted by atomic mass is 35.5. The average Bonchev–Trinajstić information content (AvgIpc) is 2.41. The highest BCUT2D eigenvalue weighted by Crippen LogP contribution is 2.26. The fraction of sp³-hybridized carbons (Fsp3) is 0.0833. The molecule has 0 aromatic heterocycles. The van der Waals surface area contributed by atoms with Crippen LogP contribution >= 0.6 is 11.6 Å². The Morgan fingerprint density at radius 3 is 2.17 bits per heavy atom. The standard InChI is InChI=1S/C12H12ClN3O5S2/c13-9-5-12(22(15,18)19)11(17)6-10(9)16-23(20,21)8-3-1-7(14)2-4-8/h1-5,16H,6,14H2,(H2,15,18,19). The van der Waals surface area contributed by atoms with Crippen LogP contribution in [0, 0.1) is 0 Å². The number of sulfonamides is 2. The van der Waals surface area contributed by atoms with Crippen LogP contribution in [-0.2, 0) is 24.8 Å². The molecule has 8 nitrogen and oxygen atoms in total. The third kappa shape index (κ3) is 3.91. The molecular weight excluding hydrogens is 366 g/mol. The number of carbonyl (C=O) groups excluding carboxylic acids is 1. The first-order chi connectivity index (χ1) is 10.5. The van der Waals surface area contributed by atoms with Crippen molar-refractivity contribution in [2.24, 2.45) is 5.14 Å². The molecular formula is C12H12ClN3O5S2. The monoisotopic (exact) mass is 377 g/mol. The van der Waals surface area contributed by atoms with E-state index in [9.17, 15) is 21.6 Å². The van der Waals surface area contributed by atoms with Gasteiger partial charge in [-0.25, -0.2) is 22.0 Å². The van der Waals surface area contributed by atoms with Crippen LogP contribution in [0.5, 0.6) is 0 Å². The summed E-state index contributed by atoms with van der Waals surface area (Å²) in [5, 5.41) is 4.66. The number of nitrogens with two attached hydrogens (primary N) is 2. The van der Waals surface area contributed by atoms with Crippen LogP contribution in [0.4, 0.5) is 5.69 Å². The van der Waals surface area contributed by atoms with E-state index in [1.807, 2.05) is 0 Å². The lowest BCUT2D eigenvalue weighted by Gasteiger charge is -2.17. The van der Waals surface area contributed by atoms with Crippen molar-refractivity contribution < 1.29 is 21.6 Å². The zero-order chi connectivity index (χ0) is 17.4. The summed E-state index contributed by atoms with van der Waals surface area (Å²) in [4.78, 5) is 11.0. The molecule has 0 saturated heterocycles. The summed E-state index contributed by atoms with van der Waals surface area (Å²) in [6.07, 6.45) is 0.291. The molecule has 0 radical (unpaired) electrons. The van der Waals surface area contributed by atoms with Gasteiger partial charge in [-0.2, -0.15) is 0 Å². The van der Waals surface area contributed by atoms with Gasteiger partial charge in [-0.15, -0.1) is 0 Å². The van der Waals surface area contributed by atoms with E-state index in [-0.39, 0.29) is 15.6 Å². The Hall–Kier alpha value is -1.88. The van der Waals surface area contributed by atoms with Crippen LogP contribution in [0.2, 0.25) is 0 Å². The number of nitrogen functional groups attached to an aromatic ring is 1. The topological polar surface area (TPSA) is 149 Å². The van der Waals surface area contributed by atoms with Crippen molar-refractivity contribution in [1.29, 1.82) is 0 Å². The largest absolute Gasteiger partial charge is 0.399 e. The fourth-order valence-electron chi connectivity index (χ4n) is 1.81. The second-order valence-corrected chi connectivity index (χ2v) is 8.27. The third-order valence-corrected chi connectivity index (χ3v) is 5.62. The van der Waals surface area contributed by atoms with Crippen molar-refractivity contribution in [3.8, 4) is 0 Å². The molecule has 5 N–H and O–H groups in total. The minimum atomic E-state index is -4.23. The predicted molar refractivity (Wildman–Crippen MR) is 84.9 cm³/mol. The maximum atomic E-state index is 12.2. The SMILES string of the molecule is Nc1ccc(S(=O)(=O)NC2=C(Cl)C=C(S(N)(=O)=O)C(=O)C2)cc1. The second kappa shape index (κ2) is 5.96. The summed E-state index contributed by atoms with van der Waals surface area (Å²) >= 11 is 5.85. The predicted octanol–water partition coefficient (Wildman–Crippen LogP) is 0.143. The number of nitrogens with one attached hydrogen (secondary N) is 1. The van der Waals surface area contributed by atoms with E-state index >= 15 is 0 Å². The number of allylic oxidation sites excluding steroid dienone is 4. The van der Waals surface area contributed by atoms with Gasteiger partial charge in [-0.05, 0) is 30.3 Å². The molecule has 0 unspecified atom stereocenters. The van der Waals surface area contributed by atoms with Crippen LogP contribution in [0.15, 0.2) is 50.9 Å². The Bertz CT molecular complexity index is 931. The number of carbonyl (C=O) groups is 1. The molecule has 23 heavy (non-hydrogen) atoms. The van der Waals surface area contributed by atoms with Gasteiger partial charge in [0.15, 0.2) is 5.78 Å². The van der Waals surface area contributed by atoms with Crippen LogP contribution < -0.4 is 15.6 Å². The van der Waals surface area contributed by atoms with E-state index in [0.29, 0.717) is 5.69 Å². The van der Waals surface area contributed by atoms with Gasteiger partial charge in [0, 0.05) is 5.69 Å². The first-order valence-corrected chi connectivity index (χ1v) is 9.46. The summed E-state index contributed by atoms with van der Waals surface area (Å²) < 4.78 is 49.1. The van der Waals surface area contributed by atoms with Crippen LogP contribution in [0.1, 0.15) is 6.42 Å². The maximum absolute atomic E-state index is 12.2. The van der Waals surface area contributed by atoms with E-state index in [1.165, 1.54) is 24.3 Å². The number of benzene rings is 1. The van der Waals surface area contributed by atoms with Gasteiger partial charge in [-0.3, -0.25) is 9.52 Å². The lowest BCUT2D eigenvalue weighted by Crippen LogP contribution is -2.30. The molecule has 124 valence electrons. The molecule has 1 aliphatic rings. The van der Waals surface area contributed by atoms with Gasteiger partial charge in [0.1, 0.15) is 4.91 Å². The number of anilines is 1. The minimum absolute atomic E-state index is 0.0858. The summed E-state index contributed by atoms with van der Waals surface area (Å²) in [7, 11) is -8.23. The van der Waals surface area contributed by atoms with E-state index in [4.69, 9.17) is 22.5 Å². The summed E-state index contributed by atoms with van der Waals surface area (Å²) in [6.45, 7) is 0. The number of primary sulfonamides is 1. The fourth-order valence-corrected chi connectivity index (χ4v) is 3.94. The lowest BCUT2D eigenvalue weighted by atomic mass is 10.1. The van der Waals surface area contributed by atoms with Gasteiger partial charge in [0.2, 0.25) is 10.0 Å². The van der Waals surface area contributed by atoms with Crippen LogP contribution in [0.3, 0.4) is 0 Å². The molecule has 0 fully saturated rings. The van der Waals surface area contributed by atoms with Crippen LogP contribution in [-0.4, -0.2) is 22.6 Å². The van der Waals surface area contributed by atoms with Gasteiger partial charge in [0.05, 0.1) is 22.0 Å². The Morgan fingerprint density at radius 1 is 1.09 bits per heavy atom. The number of hydrogen-bond acceptors (Lipinski definition) is 6. The Morgan fingerprint density at radius 2 is 1.65 bits per heavy atom. The number of rotatable bonds is 4. The van der Waals surface area contributed by atoms with Gasteiger partial charge < -0.3 is 5.73 Å². The third-order valence-electron chi connectivity index (χ3n) is 2.91. The summed E-state index contributed by atoms with van der Waals surface area (Å²) in [5.41, 5.74) is 5.73. The zero-order valence-electron chi connectivity index (χ0n) is 11.5. The van der Waals surface area contributed by atoms with E-state index in [2.05, 4.69) is 4.72 Å². The van der Waals surface area contributed by atoms with Crippen molar-refractivity contribution in [2.45, 2.75) is 11.3 Å². The van der Waals surface area contributed by atoms with E-state index in [1.54, 1.807) is 0 Å². The Labute approximate surface area is 137 Å². The minimum Gasteiger partial charge on any atom is -0.399 e. The van der Waals surface area contributed by atoms with E-state index in [0.717, 1.165) is 6.08 Å². The zero-order valence-corrected chi connectivity index (χ0v) is 13.9. The first-order valence-electron chi connectivity index (χ1n) is 6.05. The smallest absolute Gasteiger partial charge is 0.261 e. The molecule has 0 spiro atoms. The number of hydrogen-bond donors (Lipinski definition) is 3. The molecule has 0 atom stereocenters. The molecule has 0 aliphatic heterocycles. The highest BCUT2D eigenvalue weighted by Gasteiger charge is 2.29. The molecule has 0 bridgehead atoms. The van der Waals surface area contributed by atoms with Crippen molar-refractivity contribution in [3.05, 3.63) is 46.0 Å². The average molecular weight is 378 g/mol. The molecule has 1 aromatic rings. The Kier molecular flexibility index (Phi) is 4.53. The number of ketones is 1.